The van der Waals surface area contributed by atoms with Crippen molar-refractivity contribution in [2.24, 2.45) is 0 Å². The van der Waals surface area contributed by atoms with E-state index < -0.39 is 5.41 Å². The quantitative estimate of drug-likeness (QED) is 0.573. The molecule has 1 aliphatic rings. The van der Waals surface area contributed by atoms with Gasteiger partial charge in [-0.3, -0.25) is 9.59 Å². The highest BCUT2D eigenvalue weighted by molar-refractivity contribution is 5.95. The number of carbonyl (C=O) groups excluding carboxylic acids is 2. The highest BCUT2D eigenvalue weighted by atomic mass is 19.1. The summed E-state index contributed by atoms with van der Waals surface area (Å²) in [5.41, 5.74) is 2.77. The zero-order chi connectivity index (χ0) is 25.5. The SMILES string of the molecule is CC(C)(CNC(=O)c1ccc2c(c1)Cc1cccc(c1)C(=O)NCCOCCO2)c1ccccc1F. The fourth-order valence-electron chi connectivity index (χ4n) is 4.20. The molecule has 2 amide bonds. The van der Waals surface area contributed by atoms with Crippen molar-refractivity contribution in [3.63, 3.8) is 0 Å². The molecule has 36 heavy (non-hydrogen) atoms. The highest BCUT2D eigenvalue weighted by Gasteiger charge is 2.25. The van der Waals surface area contributed by atoms with Gasteiger partial charge in [-0.15, -0.1) is 0 Å². The third-order valence-corrected chi connectivity index (χ3v) is 6.22. The maximum atomic E-state index is 14.3. The van der Waals surface area contributed by atoms with E-state index in [1.165, 1.54) is 6.07 Å². The lowest BCUT2D eigenvalue weighted by atomic mass is 9.84. The molecule has 3 aromatic rings. The van der Waals surface area contributed by atoms with Crippen molar-refractivity contribution < 1.29 is 23.5 Å². The van der Waals surface area contributed by atoms with Gasteiger partial charge in [-0.2, -0.15) is 0 Å². The van der Waals surface area contributed by atoms with Crippen LogP contribution in [0.2, 0.25) is 0 Å². The fraction of sp³-hybridized carbons (Fsp3) is 0.310. The molecule has 6 nitrogen and oxygen atoms in total. The normalized spacial score (nSPS) is 14.6. The first-order valence-electron chi connectivity index (χ1n) is 12.1. The number of hydrogen-bond donors (Lipinski definition) is 2. The summed E-state index contributed by atoms with van der Waals surface area (Å²) in [6, 6.07) is 19.3. The Hall–Kier alpha value is -3.71. The van der Waals surface area contributed by atoms with Crippen molar-refractivity contribution in [2.45, 2.75) is 25.7 Å². The molecule has 0 aliphatic carbocycles. The van der Waals surface area contributed by atoms with Crippen molar-refractivity contribution in [2.75, 3.05) is 32.9 Å². The van der Waals surface area contributed by atoms with E-state index in [0.29, 0.717) is 55.2 Å². The first kappa shape index (κ1) is 25.4. The number of halogens is 1. The standard InChI is InChI=1S/C29H31FN2O4/c1-29(2,24-8-3-4-9-25(24)30)19-32-28(34)22-10-11-26-23(18-22)17-20-6-5-7-21(16-20)27(33)31-12-13-35-14-15-36-26/h3-11,16,18H,12-15,17,19H2,1-2H3,(H,31,33)(H,32,34). The van der Waals surface area contributed by atoms with Gasteiger partial charge in [-0.05, 0) is 53.1 Å². The van der Waals surface area contributed by atoms with Crippen LogP contribution in [0, 0.1) is 5.82 Å². The van der Waals surface area contributed by atoms with E-state index in [0.717, 1.165) is 11.1 Å². The van der Waals surface area contributed by atoms with Gasteiger partial charge >= 0.3 is 0 Å². The van der Waals surface area contributed by atoms with E-state index in [4.69, 9.17) is 9.47 Å². The van der Waals surface area contributed by atoms with Crippen LogP contribution in [0.3, 0.4) is 0 Å². The third-order valence-electron chi connectivity index (χ3n) is 6.22. The zero-order valence-corrected chi connectivity index (χ0v) is 20.6. The van der Waals surface area contributed by atoms with Gasteiger partial charge < -0.3 is 20.1 Å². The van der Waals surface area contributed by atoms with Crippen molar-refractivity contribution >= 4 is 11.8 Å². The second kappa shape index (κ2) is 11.4. The largest absolute Gasteiger partial charge is 0.491 e. The minimum Gasteiger partial charge on any atom is -0.491 e. The average molecular weight is 491 g/mol. The van der Waals surface area contributed by atoms with Gasteiger partial charge in [0, 0.05) is 36.1 Å². The Morgan fingerprint density at radius 1 is 1.03 bits per heavy atom. The minimum atomic E-state index is -0.584. The molecule has 0 radical (unpaired) electrons. The monoisotopic (exact) mass is 490 g/mol. The lowest BCUT2D eigenvalue weighted by Gasteiger charge is -2.26. The highest BCUT2D eigenvalue weighted by Crippen LogP contribution is 2.26. The summed E-state index contributed by atoms with van der Waals surface area (Å²) in [5.74, 6) is -0.0356. The molecular formula is C29H31FN2O4. The number of carbonyl (C=O) groups is 2. The second-order valence-electron chi connectivity index (χ2n) is 9.46. The van der Waals surface area contributed by atoms with E-state index in [1.807, 2.05) is 32.0 Å². The second-order valence-corrected chi connectivity index (χ2v) is 9.46. The maximum Gasteiger partial charge on any atom is 0.251 e. The Balaban J connectivity index is 1.55. The molecule has 4 rings (SSSR count). The Bertz CT molecular complexity index is 1240. The van der Waals surface area contributed by atoms with E-state index in [-0.39, 0.29) is 24.2 Å². The first-order chi connectivity index (χ1) is 17.3. The van der Waals surface area contributed by atoms with Gasteiger partial charge in [0.05, 0.1) is 13.2 Å². The number of amides is 2. The molecule has 0 aromatic heterocycles. The minimum absolute atomic E-state index is 0.153. The molecule has 2 N–H and O–H groups in total. The summed E-state index contributed by atoms with van der Waals surface area (Å²) in [7, 11) is 0. The summed E-state index contributed by atoms with van der Waals surface area (Å²) in [6.45, 7) is 5.62. The number of nitrogens with one attached hydrogen (secondary N) is 2. The fourth-order valence-corrected chi connectivity index (χ4v) is 4.20. The summed E-state index contributed by atoms with van der Waals surface area (Å²) in [4.78, 5) is 25.5. The molecule has 188 valence electrons. The lowest BCUT2D eigenvalue weighted by Crippen LogP contribution is -2.37. The molecule has 1 aliphatic heterocycles. The van der Waals surface area contributed by atoms with E-state index in [1.54, 1.807) is 42.5 Å². The van der Waals surface area contributed by atoms with Crippen LogP contribution >= 0.6 is 0 Å². The average Bonchev–Trinajstić information content (AvgIpc) is 2.87. The first-order valence-corrected chi connectivity index (χ1v) is 12.1. The van der Waals surface area contributed by atoms with Crippen LogP contribution in [0.4, 0.5) is 4.39 Å². The van der Waals surface area contributed by atoms with Crippen LogP contribution in [-0.4, -0.2) is 44.7 Å². The molecule has 1 heterocycles. The van der Waals surface area contributed by atoms with Crippen LogP contribution in [0.15, 0.2) is 66.7 Å². The van der Waals surface area contributed by atoms with Crippen molar-refractivity contribution in [1.29, 1.82) is 0 Å². The van der Waals surface area contributed by atoms with Gasteiger partial charge in [-0.25, -0.2) is 4.39 Å². The Morgan fingerprint density at radius 3 is 2.69 bits per heavy atom. The van der Waals surface area contributed by atoms with Gasteiger partial charge in [0.2, 0.25) is 0 Å². The molecular weight excluding hydrogens is 459 g/mol. The third kappa shape index (κ3) is 6.29. The van der Waals surface area contributed by atoms with Gasteiger partial charge in [0.15, 0.2) is 0 Å². The van der Waals surface area contributed by atoms with Crippen molar-refractivity contribution in [3.05, 3.63) is 100 Å². The van der Waals surface area contributed by atoms with E-state index >= 15 is 0 Å². The smallest absolute Gasteiger partial charge is 0.251 e. The number of ether oxygens (including phenoxy) is 2. The molecule has 2 bridgehead atoms. The zero-order valence-electron chi connectivity index (χ0n) is 20.6. The molecule has 0 saturated carbocycles. The van der Waals surface area contributed by atoms with Crippen molar-refractivity contribution in [3.8, 4) is 5.75 Å². The summed E-state index contributed by atoms with van der Waals surface area (Å²) < 4.78 is 25.8. The van der Waals surface area contributed by atoms with Crippen LogP contribution in [0.25, 0.3) is 0 Å². The van der Waals surface area contributed by atoms with Crippen LogP contribution in [0.1, 0.15) is 51.3 Å². The van der Waals surface area contributed by atoms with E-state index in [9.17, 15) is 14.0 Å². The predicted molar refractivity (Wildman–Crippen MR) is 136 cm³/mol. The molecule has 0 atom stereocenters. The summed E-state index contributed by atoms with van der Waals surface area (Å²) >= 11 is 0. The van der Waals surface area contributed by atoms with Crippen molar-refractivity contribution in [1.82, 2.24) is 10.6 Å². The van der Waals surface area contributed by atoms with E-state index in [2.05, 4.69) is 10.6 Å². The Morgan fingerprint density at radius 2 is 1.86 bits per heavy atom. The van der Waals surface area contributed by atoms with Gasteiger partial charge in [0.1, 0.15) is 18.2 Å². The maximum absolute atomic E-state index is 14.3. The molecule has 0 unspecified atom stereocenters. The lowest BCUT2D eigenvalue weighted by molar-refractivity contribution is 0.0865. The number of hydrogen-bond acceptors (Lipinski definition) is 4. The van der Waals surface area contributed by atoms with Crippen LogP contribution < -0.4 is 15.4 Å². The molecule has 0 fully saturated rings. The molecule has 0 saturated heterocycles. The number of fused-ring (bicyclic) bond motifs is 3. The number of benzene rings is 3. The molecule has 7 heteroatoms. The Kier molecular flexibility index (Phi) is 8.00. The molecule has 3 aromatic carbocycles. The number of rotatable bonds is 4. The summed E-state index contributed by atoms with van der Waals surface area (Å²) in [6.07, 6.45) is 0.485. The Labute approximate surface area is 210 Å². The van der Waals surface area contributed by atoms with Crippen LogP contribution in [0.5, 0.6) is 5.75 Å². The van der Waals surface area contributed by atoms with Gasteiger partial charge in [0.25, 0.3) is 11.8 Å². The molecule has 0 spiro atoms. The summed E-state index contributed by atoms with van der Waals surface area (Å²) in [5, 5.41) is 5.80. The van der Waals surface area contributed by atoms with Crippen LogP contribution in [-0.2, 0) is 16.6 Å². The predicted octanol–water partition coefficient (Wildman–Crippen LogP) is 4.26. The van der Waals surface area contributed by atoms with Gasteiger partial charge in [-0.1, -0.05) is 44.2 Å². The topological polar surface area (TPSA) is 76.7 Å².